The number of anilines is 1. The number of nitrogens with zero attached hydrogens (tertiary/aromatic N) is 5. The summed E-state index contributed by atoms with van der Waals surface area (Å²) in [4.78, 5) is 21.3. The number of benzene rings is 2. The Morgan fingerprint density at radius 3 is 2.37 bits per heavy atom. The number of amides is 1. The lowest BCUT2D eigenvalue weighted by molar-refractivity contribution is -0.134. The molecule has 2 aliphatic rings. The molecule has 2 fully saturated rings. The average Bonchev–Trinajstić information content (AvgIpc) is 2.90. The van der Waals surface area contributed by atoms with Crippen LogP contribution in [0.15, 0.2) is 65.8 Å². The van der Waals surface area contributed by atoms with E-state index in [2.05, 4.69) is 16.0 Å². The van der Waals surface area contributed by atoms with Crippen LogP contribution in [0.3, 0.4) is 0 Å². The molecule has 8 nitrogen and oxygen atoms in total. The van der Waals surface area contributed by atoms with Crippen LogP contribution in [0.1, 0.15) is 18.4 Å². The highest BCUT2D eigenvalue weighted by molar-refractivity contribution is 7.89. The van der Waals surface area contributed by atoms with E-state index < -0.39 is 10.0 Å². The molecule has 35 heavy (non-hydrogen) atoms. The number of hydrogen-bond donors (Lipinski definition) is 0. The maximum Gasteiger partial charge on any atom is 0.243 e. The molecule has 2 saturated heterocycles. The second-order valence-electron chi connectivity index (χ2n) is 9.15. The van der Waals surface area contributed by atoms with E-state index in [0.29, 0.717) is 24.6 Å². The van der Waals surface area contributed by atoms with Gasteiger partial charge in [-0.3, -0.25) is 9.78 Å². The zero-order valence-corrected chi connectivity index (χ0v) is 20.2. The van der Waals surface area contributed by atoms with Crippen LogP contribution < -0.4 is 4.90 Å². The summed E-state index contributed by atoms with van der Waals surface area (Å²) < 4.78 is 27.8. The number of carbonyl (C=O) groups excluding carboxylic acids is 1. The number of nitriles is 1. The van der Waals surface area contributed by atoms with Crippen LogP contribution in [0.2, 0.25) is 0 Å². The number of carbonyl (C=O) groups is 1. The Bertz CT molecular complexity index is 1380. The van der Waals surface area contributed by atoms with E-state index in [1.54, 1.807) is 48.8 Å². The number of pyridine rings is 1. The lowest BCUT2D eigenvalue weighted by Gasteiger charge is -2.38. The molecule has 5 rings (SSSR count). The van der Waals surface area contributed by atoms with Gasteiger partial charge in [-0.2, -0.15) is 9.57 Å². The second-order valence-corrected chi connectivity index (χ2v) is 11.1. The van der Waals surface area contributed by atoms with E-state index in [1.807, 2.05) is 17.0 Å². The summed E-state index contributed by atoms with van der Waals surface area (Å²) in [7, 11) is -3.79. The smallest absolute Gasteiger partial charge is 0.243 e. The van der Waals surface area contributed by atoms with Crippen molar-refractivity contribution >= 4 is 32.4 Å². The van der Waals surface area contributed by atoms with Crippen LogP contribution >= 0.6 is 0 Å². The van der Waals surface area contributed by atoms with Gasteiger partial charge in [-0.15, -0.1) is 0 Å². The van der Waals surface area contributed by atoms with Gasteiger partial charge in [-0.1, -0.05) is 12.1 Å². The fraction of sp³-hybridized carbons (Fsp3) is 0.346. The summed E-state index contributed by atoms with van der Waals surface area (Å²) in [6, 6.07) is 16.1. The van der Waals surface area contributed by atoms with Gasteiger partial charge in [0.25, 0.3) is 0 Å². The molecule has 0 spiro atoms. The van der Waals surface area contributed by atoms with Gasteiger partial charge in [-0.05, 0) is 65.9 Å². The van der Waals surface area contributed by atoms with Gasteiger partial charge in [0.1, 0.15) is 0 Å². The predicted molar refractivity (Wildman–Crippen MR) is 133 cm³/mol. The predicted octanol–water partition coefficient (Wildman–Crippen LogP) is 2.86. The molecule has 1 aromatic heterocycles. The van der Waals surface area contributed by atoms with Crippen molar-refractivity contribution in [3.05, 3.63) is 66.5 Å². The molecule has 3 heterocycles. The van der Waals surface area contributed by atoms with E-state index in [9.17, 15) is 13.2 Å². The first-order chi connectivity index (χ1) is 16.9. The van der Waals surface area contributed by atoms with Crippen LogP contribution in [-0.2, 0) is 14.8 Å². The Labute approximate surface area is 205 Å². The topological polar surface area (TPSA) is 97.6 Å². The molecule has 0 atom stereocenters. The molecule has 0 aliphatic carbocycles. The number of aromatic nitrogens is 1. The van der Waals surface area contributed by atoms with Crippen molar-refractivity contribution in [1.29, 1.82) is 5.26 Å². The van der Waals surface area contributed by atoms with Crippen LogP contribution in [0, 0.1) is 17.2 Å². The fourth-order valence-corrected chi connectivity index (χ4v) is 6.34. The van der Waals surface area contributed by atoms with Crippen LogP contribution in [0.25, 0.3) is 10.8 Å². The van der Waals surface area contributed by atoms with Crippen molar-refractivity contribution in [2.45, 2.75) is 17.7 Å². The molecule has 3 aromatic rings. The normalized spacial score (nSPS) is 18.1. The SMILES string of the molecule is N#Cc1ccc2cc(S(=O)(=O)N3CCN(CC4CCN(c5ccncc5)CC4)C(=O)C3)ccc2c1. The van der Waals surface area contributed by atoms with Gasteiger partial charge in [-0.25, -0.2) is 8.42 Å². The number of piperidine rings is 1. The van der Waals surface area contributed by atoms with E-state index in [1.165, 1.54) is 9.99 Å². The summed E-state index contributed by atoms with van der Waals surface area (Å²) in [5, 5.41) is 10.6. The first kappa shape index (κ1) is 23.3. The quantitative estimate of drug-likeness (QED) is 0.547. The Hall–Kier alpha value is -3.48. The fourth-order valence-electron chi connectivity index (χ4n) is 4.93. The van der Waals surface area contributed by atoms with Gasteiger partial charge in [0.15, 0.2) is 0 Å². The minimum atomic E-state index is -3.79. The van der Waals surface area contributed by atoms with Crippen molar-refractivity contribution in [3.63, 3.8) is 0 Å². The number of hydrogen-bond acceptors (Lipinski definition) is 6. The molecular weight excluding hydrogens is 462 g/mol. The van der Waals surface area contributed by atoms with Crippen molar-refractivity contribution < 1.29 is 13.2 Å². The van der Waals surface area contributed by atoms with E-state index in [-0.39, 0.29) is 23.9 Å². The second kappa shape index (κ2) is 9.64. The van der Waals surface area contributed by atoms with Crippen molar-refractivity contribution in [3.8, 4) is 6.07 Å². The van der Waals surface area contributed by atoms with Gasteiger partial charge >= 0.3 is 0 Å². The van der Waals surface area contributed by atoms with E-state index >= 15 is 0 Å². The van der Waals surface area contributed by atoms with Gasteiger partial charge in [0, 0.05) is 50.8 Å². The molecule has 2 aromatic carbocycles. The Balaban J connectivity index is 1.20. The minimum absolute atomic E-state index is 0.135. The molecule has 0 radical (unpaired) electrons. The summed E-state index contributed by atoms with van der Waals surface area (Å²) in [5.41, 5.74) is 1.70. The number of rotatable bonds is 5. The third kappa shape index (κ3) is 4.85. The Morgan fingerprint density at radius 1 is 0.943 bits per heavy atom. The molecule has 180 valence electrons. The first-order valence-corrected chi connectivity index (χ1v) is 13.2. The molecule has 0 unspecified atom stereocenters. The maximum absolute atomic E-state index is 13.3. The van der Waals surface area contributed by atoms with Crippen molar-refractivity contribution in [2.75, 3.05) is 44.2 Å². The summed E-state index contributed by atoms with van der Waals surface area (Å²) in [5.74, 6) is 0.273. The molecule has 0 bridgehead atoms. The lowest BCUT2D eigenvalue weighted by Crippen LogP contribution is -2.53. The number of sulfonamides is 1. The van der Waals surface area contributed by atoms with Gasteiger partial charge < -0.3 is 9.80 Å². The average molecular weight is 490 g/mol. The molecule has 2 aliphatic heterocycles. The molecule has 0 N–H and O–H groups in total. The highest BCUT2D eigenvalue weighted by Crippen LogP contribution is 2.26. The van der Waals surface area contributed by atoms with Crippen LogP contribution in [0.5, 0.6) is 0 Å². The lowest BCUT2D eigenvalue weighted by atomic mass is 9.95. The summed E-state index contributed by atoms with van der Waals surface area (Å²) in [6.07, 6.45) is 5.60. The summed E-state index contributed by atoms with van der Waals surface area (Å²) in [6.45, 7) is 3.11. The Morgan fingerprint density at radius 2 is 1.66 bits per heavy atom. The first-order valence-electron chi connectivity index (χ1n) is 11.8. The zero-order valence-electron chi connectivity index (χ0n) is 19.4. The maximum atomic E-state index is 13.3. The monoisotopic (exact) mass is 489 g/mol. The Kier molecular flexibility index (Phi) is 6.41. The summed E-state index contributed by atoms with van der Waals surface area (Å²) >= 11 is 0. The molecule has 1 amide bonds. The van der Waals surface area contributed by atoms with Gasteiger partial charge in [0.2, 0.25) is 15.9 Å². The third-order valence-corrected chi connectivity index (χ3v) is 8.82. The number of fused-ring (bicyclic) bond motifs is 1. The molecule has 9 heteroatoms. The van der Waals surface area contributed by atoms with E-state index in [0.717, 1.165) is 36.7 Å². The standard InChI is InChI=1S/C26H27N5O3S/c27-17-21-1-2-23-16-25(4-3-22(23)15-21)35(33,34)31-14-13-30(26(32)19-31)18-20-7-11-29(12-8-20)24-5-9-28-10-6-24/h1-6,9-10,15-16,20H,7-8,11-14,18-19H2. The van der Waals surface area contributed by atoms with Crippen LogP contribution in [-0.4, -0.2) is 67.8 Å². The molecular formula is C26H27N5O3S. The van der Waals surface area contributed by atoms with Crippen molar-refractivity contribution in [1.82, 2.24) is 14.2 Å². The largest absolute Gasteiger partial charge is 0.371 e. The highest BCUT2D eigenvalue weighted by atomic mass is 32.2. The molecule has 0 saturated carbocycles. The van der Waals surface area contributed by atoms with Crippen molar-refractivity contribution in [2.24, 2.45) is 5.92 Å². The zero-order chi connectivity index (χ0) is 24.4. The minimum Gasteiger partial charge on any atom is -0.371 e. The van der Waals surface area contributed by atoms with E-state index in [4.69, 9.17) is 5.26 Å². The number of piperazine rings is 1. The van der Waals surface area contributed by atoms with Gasteiger partial charge in [0.05, 0.1) is 23.1 Å². The third-order valence-electron chi connectivity index (χ3n) is 6.98. The van der Waals surface area contributed by atoms with Crippen LogP contribution in [0.4, 0.5) is 5.69 Å². The highest BCUT2D eigenvalue weighted by Gasteiger charge is 2.34.